The minimum atomic E-state index is -1.61. The molecule has 4 N–H and O–H groups in total. The Labute approximate surface area is 106 Å². The smallest absolute Gasteiger partial charge is 0.329 e. The molecular formula is C11H13FN2O5. The highest BCUT2D eigenvalue weighted by Gasteiger charge is 2.43. The fourth-order valence-electron chi connectivity index (χ4n) is 2.11. The van der Waals surface area contributed by atoms with Gasteiger partial charge >= 0.3 is 5.69 Å². The first kappa shape index (κ1) is 13.7. The number of nitrogens with zero attached hydrogens (tertiary/aromatic N) is 1. The number of aromatic nitrogens is 2. The van der Waals surface area contributed by atoms with Crippen molar-refractivity contribution in [3.05, 3.63) is 44.0 Å². The van der Waals surface area contributed by atoms with Crippen molar-refractivity contribution in [2.24, 2.45) is 0 Å². The molecule has 0 bridgehead atoms. The van der Waals surface area contributed by atoms with Gasteiger partial charge in [0.1, 0.15) is 24.1 Å². The number of hydrogen-bond donors (Lipinski definition) is 4. The number of aliphatic hydroxyl groups is 3. The number of hydrogen-bond acceptors (Lipinski definition) is 5. The van der Waals surface area contributed by atoms with Gasteiger partial charge in [0.05, 0.1) is 6.61 Å². The van der Waals surface area contributed by atoms with E-state index in [9.17, 15) is 24.2 Å². The van der Waals surface area contributed by atoms with Gasteiger partial charge in [-0.05, 0) is 6.92 Å². The molecule has 0 unspecified atom stereocenters. The summed E-state index contributed by atoms with van der Waals surface area (Å²) >= 11 is 0. The molecule has 1 aromatic rings. The maximum atomic E-state index is 14.0. The highest BCUT2D eigenvalue weighted by Crippen LogP contribution is 2.36. The maximum Gasteiger partial charge on any atom is 0.329 e. The lowest BCUT2D eigenvalue weighted by atomic mass is 10.1. The second-order valence-electron chi connectivity index (χ2n) is 4.39. The van der Waals surface area contributed by atoms with Crippen molar-refractivity contribution in [2.45, 2.75) is 25.2 Å². The van der Waals surface area contributed by atoms with Crippen molar-refractivity contribution in [3.63, 3.8) is 0 Å². The predicted octanol–water partition coefficient (Wildman–Crippen LogP) is -1.66. The second-order valence-corrected chi connectivity index (χ2v) is 4.39. The van der Waals surface area contributed by atoms with Crippen molar-refractivity contribution in [1.29, 1.82) is 0 Å². The molecule has 0 fully saturated rings. The molecule has 7 nitrogen and oxygen atoms in total. The minimum absolute atomic E-state index is 0.159. The van der Waals surface area contributed by atoms with Gasteiger partial charge in [0.25, 0.3) is 5.56 Å². The van der Waals surface area contributed by atoms with Crippen LogP contribution in [0.5, 0.6) is 0 Å². The van der Waals surface area contributed by atoms with Crippen LogP contribution in [0.15, 0.2) is 27.2 Å². The van der Waals surface area contributed by atoms with E-state index >= 15 is 0 Å². The molecule has 0 radical (unpaired) electrons. The molecule has 0 saturated heterocycles. The SMILES string of the molecule is Cc1cn([C@@H]2C(F)=C(CO)[C@@H](O)[C@H]2O)c(=O)[nH]c1=O. The van der Waals surface area contributed by atoms with Gasteiger partial charge in [-0.3, -0.25) is 14.3 Å². The summed E-state index contributed by atoms with van der Waals surface area (Å²) in [6, 6.07) is -1.46. The first-order valence-corrected chi connectivity index (χ1v) is 5.56. The average molecular weight is 272 g/mol. The molecule has 0 saturated carbocycles. The largest absolute Gasteiger partial charge is 0.392 e. The molecule has 0 amide bonds. The number of aryl methyl sites for hydroxylation is 1. The van der Waals surface area contributed by atoms with Gasteiger partial charge in [0.2, 0.25) is 0 Å². The van der Waals surface area contributed by atoms with Crippen LogP contribution in [0.3, 0.4) is 0 Å². The van der Waals surface area contributed by atoms with E-state index in [1.54, 1.807) is 0 Å². The van der Waals surface area contributed by atoms with Crippen molar-refractivity contribution >= 4 is 0 Å². The summed E-state index contributed by atoms with van der Waals surface area (Å²) in [6.45, 7) is 0.652. The Morgan fingerprint density at radius 3 is 2.58 bits per heavy atom. The predicted molar refractivity (Wildman–Crippen MR) is 62.3 cm³/mol. The van der Waals surface area contributed by atoms with E-state index in [2.05, 4.69) is 0 Å². The average Bonchev–Trinajstić information content (AvgIpc) is 2.56. The van der Waals surface area contributed by atoms with E-state index < -0.39 is 41.9 Å². The Morgan fingerprint density at radius 1 is 1.42 bits per heavy atom. The van der Waals surface area contributed by atoms with Crippen molar-refractivity contribution in [2.75, 3.05) is 6.61 Å². The van der Waals surface area contributed by atoms with Crippen LogP contribution in [0, 0.1) is 6.92 Å². The lowest BCUT2D eigenvalue weighted by molar-refractivity contribution is 0.0243. The Kier molecular flexibility index (Phi) is 3.40. The van der Waals surface area contributed by atoms with Gasteiger partial charge in [-0.2, -0.15) is 0 Å². The molecule has 1 aromatic heterocycles. The van der Waals surface area contributed by atoms with Crippen LogP contribution in [-0.4, -0.2) is 43.7 Å². The highest BCUT2D eigenvalue weighted by molar-refractivity contribution is 5.28. The van der Waals surface area contributed by atoms with Gasteiger partial charge in [-0.15, -0.1) is 0 Å². The Bertz CT molecular complexity index is 647. The van der Waals surface area contributed by atoms with Crippen molar-refractivity contribution < 1.29 is 19.7 Å². The Hall–Kier alpha value is -1.77. The quantitative estimate of drug-likeness (QED) is 0.514. The molecular weight excluding hydrogens is 259 g/mol. The normalized spacial score (nSPS) is 27.1. The number of rotatable bonds is 2. The van der Waals surface area contributed by atoms with E-state index in [1.807, 2.05) is 4.98 Å². The topological polar surface area (TPSA) is 116 Å². The number of aromatic amines is 1. The van der Waals surface area contributed by atoms with E-state index in [0.29, 0.717) is 0 Å². The molecule has 2 rings (SSSR count). The Morgan fingerprint density at radius 2 is 2.05 bits per heavy atom. The second kappa shape index (κ2) is 4.72. The molecule has 3 atom stereocenters. The molecule has 1 aliphatic carbocycles. The number of nitrogens with one attached hydrogen (secondary N) is 1. The molecule has 8 heteroatoms. The first-order chi connectivity index (χ1) is 8.88. The summed E-state index contributed by atoms with van der Waals surface area (Å²) in [5, 5.41) is 28.3. The zero-order valence-corrected chi connectivity index (χ0v) is 10.00. The van der Waals surface area contributed by atoms with Crippen LogP contribution >= 0.6 is 0 Å². The van der Waals surface area contributed by atoms with Gasteiger partial charge in [0, 0.05) is 17.3 Å². The van der Waals surface area contributed by atoms with E-state index in [-0.39, 0.29) is 11.1 Å². The third-order valence-corrected chi connectivity index (χ3v) is 3.19. The van der Waals surface area contributed by atoms with Crippen LogP contribution in [0.4, 0.5) is 4.39 Å². The minimum Gasteiger partial charge on any atom is -0.392 e. The molecule has 0 aromatic carbocycles. The molecule has 0 aliphatic heterocycles. The standard InChI is InChI=1S/C11H13FN2O5/c1-4-2-14(11(19)13-10(4)18)7-6(12)5(3-15)8(16)9(7)17/h2,7-9,15-17H,3H2,1H3,(H,13,18,19)/t7-,8-,9+/m1/s1. The Balaban J connectivity index is 2.60. The summed E-state index contributed by atoms with van der Waals surface area (Å²) in [7, 11) is 0. The summed E-state index contributed by atoms with van der Waals surface area (Å²) < 4.78 is 14.8. The molecule has 1 heterocycles. The van der Waals surface area contributed by atoms with E-state index in [4.69, 9.17) is 5.11 Å². The molecule has 104 valence electrons. The third-order valence-electron chi connectivity index (χ3n) is 3.19. The lowest BCUT2D eigenvalue weighted by Gasteiger charge is -2.19. The van der Waals surface area contributed by atoms with Gasteiger partial charge in [0.15, 0.2) is 0 Å². The number of aliphatic hydroxyl groups excluding tert-OH is 3. The molecule has 0 spiro atoms. The highest BCUT2D eigenvalue weighted by atomic mass is 19.1. The third kappa shape index (κ3) is 2.03. The van der Waals surface area contributed by atoms with Crippen LogP contribution in [0.1, 0.15) is 11.6 Å². The lowest BCUT2D eigenvalue weighted by Crippen LogP contribution is -2.39. The van der Waals surface area contributed by atoms with Gasteiger partial charge in [-0.1, -0.05) is 0 Å². The molecule has 19 heavy (non-hydrogen) atoms. The van der Waals surface area contributed by atoms with Crippen LogP contribution < -0.4 is 11.2 Å². The van der Waals surface area contributed by atoms with Crippen LogP contribution in [0.2, 0.25) is 0 Å². The van der Waals surface area contributed by atoms with Crippen molar-refractivity contribution in [3.8, 4) is 0 Å². The summed E-state index contributed by atoms with van der Waals surface area (Å²) in [5.41, 5.74) is -1.72. The van der Waals surface area contributed by atoms with Gasteiger partial charge < -0.3 is 15.3 Å². The van der Waals surface area contributed by atoms with Gasteiger partial charge in [-0.25, -0.2) is 9.18 Å². The van der Waals surface area contributed by atoms with Crippen molar-refractivity contribution in [1.82, 2.24) is 9.55 Å². The summed E-state index contributed by atoms with van der Waals surface area (Å²) in [4.78, 5) is 24.8. The first-order valence-electron chi connectivity index (χ1n) is 5.56. The fourth-order valence-corrected chi connectivity index (χ4v) is 2.11. The summed E-state index contributed by atoms with van der Waals surface area (Å²) in [6.07, 6.45) is -2.10. The van der Waals surface area contributed by atoms with E-state index in [1.165, 1.54) is 6.92 Å². The van der Waals surface area contributed by atoms with Crippen LogP contribution in [-0.2, 0) is 0 Å². The zero-order chi connectivity index (χ0) is 14.3. The molecule has 1 aliphatic rings. The maximum absolute atomic E-state index is 14.0. The monoisotopic (exact) mass is 272 g/mol. The zero-order valence-electron chi connectivity index (χ0n) is 10.00. The van der Waals surface area contributed by atoms with Crippen LogP contribution in [0.25, 0.3) is 0 Å². The number of H-pyrrole nitrogens is 1. The fraction of sp³-hybridized carbons (Fsp3) is 0.455. The summed E-state index contributed by atoms with van der Waals surface area (Å²) in [5.74, 6) is -0.976. The van der Waals surface area contributed by atoms with E-state index in [0.717, 1.165) is 10.8 Å². The number of halogens is 1.